The number of nitrogens with one attached hydrogen (secondary N) is 1. The third-order valence-electron chi connectivity index (χ3n) is 5.76. The fourth-order valence-electron chi connectivity index (χ4n) is 4.01. The predicted octanol–water partition coefficient (Wildman–Crippen LogP) is 4.16. The van der Waals surface area contributed by atoms with Crippen LogP contribution in [0.5, 0.6) is 0 Å². The van der Waals surface area contributed by atoms with Gasteiger partial charge in [0, 0.05) is 24.6 Å². The summed E-state index contributed by atoms with van der Waals surface area (Å²) >= 11 is 1.45. The zero-order valence-corrected chi connectivity index (χ0v) is 19.8. The molecule has 9 heteroatoms. The summed E-state index contributed by atoms with van der Waals surface area (Å²) in [5.74, 6) is -0.591. The largest absolute Gasteiger partial charge is 0.302 e. The number of rotatable bonds is 5. The molecule has 1 amide bonds. The summed E-state index contributed by atoms with van der Waals surface area (Å²) in [5.41, 5.74) is 3.48. The second kappa shape index (κ2) is 8.73. The fourth-order valence-corrected chi connectivity index (χ4v) is 6.58. The Bertz CT molecular complexity index is 1310. The van der Waals surface area contributed by atoms with Crippen molar-refractivity contribution in [1.82, 2.24) is 9.29 Å². The van der Waals surface area contributed by atoms with E-state index in [1.165, 1.54) is 34.7 Å². The molecule has 0 aliphatic carbocycles. The number of hydrogen-bond donors (Lipinski definition) is 1. The summed E-state index contributed by atoms with van der Waals surface area (Å²) in [4.78, 5) is 29.1. The van der Waals surface area contributed by atoms with Gasteiger partial charge in [-0.15, -0.1) is 0 Å². The van der Waals surface area contributed by atoms with Crippen molar-refractivity contribution in [3.8, 4) is 0 Å². The van der Waals surface area contributed by atoms with Gasteiger partial charge in [-0.25, -0.2) is 13.4 Å². The molecule has 2 heterocycles. The first-order valence-electron chi connectivity index (χ1n) is 10.4. The fraction of sp³-hybridized carbons (Fsp3) is 0.348. The van der Waals surface area contributed by atoms with Crippen molar-refractivity contribution >= 4 is 48.4 Å². The van der Waals surface area contributed by atoms with Gasteiger partial charge in [-0.3, -0.25) is 9.59 Å². The van der Waals surface area contributed by atoms with Crippen LogP contribution in [0.25, 0.3) is 10.2 Å². The number of hydrogen-bond acceptors (Lipinski definition) is 6. The van der Waals surface area contributed by atoms with E-state index in [9.17, 15) is 18.0 Å². The van der Waals surface area contributed by atoms with Crippen molar-refractivity contribution in [2.45, 2.75) is 38.5 Å². The number of thiazole rings is 1. The van der Waals surface area contributed by atoms with Crippen LogP contribution in [-0.4, -0.2) is 42.5 Å². The molecule has 0 radical (unpaired) electrons. The van der Waals surface area contributed by atoms with Crippen LogP contribution in [-0.2, 0) is 14.8 Å². The van der Waals surface area contributed by atoms with E-state index in [4.69, 9.17) is 0 Å². The van der Waals surface area contributed by atoms with Crippen molar-refractivity contribution in [3.05, 3.63) is 53.1 Å². The first-order chi connectivity index (χ1) is 15.1. The lowest BCUT2D eigenvalue weighted by Crippen LogP contribution is -2.41. The van der Waals surface area contributed by atoms with Gasteiger partial charge in [-0.1, -0.05) is 29.5 Å². The van der Waals surface area contributed by atoms with Crippen molar-refractivity contribution in [2.24, 2.45) is 5.92 Å². The lowest BCUT2D eigenvalue weighted by molar-refractivity contribution is -0.120. The van der Waals surface area contributed by atoms with Gasteiger partial charge in [0.25, 0.3) is 0 Å². The molecule has 168 valence electrons. The van der Waals surface area contributed by atoms with Crippen LogP contribution < -0.4 is 5.32 Å². The maximum Gasteiger partial charge on any atom is 0.243 e. The van der Waals surface area contributed by atoms with E-state index in [0.717, 1.165) is 21.3 Å². The number of ketones is 1. The second-order valence-corrected chi connectivity index (χ2v) is 11.2. The van der Waals surface area contributed by atoms with Crippen LogP contribution in [0, 0.1) is 19.8 Å². The number of carbonyl (C=O) groups excluding carboxylic acids is 2. The Balaban J connectivity index is 1.42. The molecular formula is C23H25N3O4S2. The number of amides is 1. The number of piperidine rings is 1. The molecule has 2 aromatic carbocycles. The van der Waals surface area contributed by atoms with Crippen LogP contribution in [0.3, 0.4) is 0 Å². The van der Waals surface area contributed by atoms with Gasteiger partial charge in [0.1, 0.15) is 0 Å². The summed E-state index contributed by atoms with van der Waals surface area (Å²) in [6, 6.07) is 10.2. The van der Waals surface area contributed by atoms with Crippen LogP contribution >= 0.6 is 11.3 Å². The lowest BCUT2D eigenvalue weighted by atomic mass is 9.97. The highest BCUT2D eigenvalue weighted by molar-refractivity contribution is 7.89. The van der Waals surface area contributed by atoms with E-state index in [-0.39, 0.29) is 35.6 Å². The summed E-state index contributed by atoms with van der Waals surface area (Å²) in [5, 5.41) is 3.48. The van der Waals surface area contributed by atoms with Crippen molar-refractivity contribution < 1.29 is 18.0 Å². The molecule has 0 bridgehead atoms. The monoisotopic (exact) mass is 471 g/mol. The summed E-state index contributed by atoms with van der Waals surface area (Å²) in [6.07, 6.45) is 0.862. The van der Waals surface area contributed by atoms with Crippen molar-refractivity contribution in [2.75, 3.05) is 18.4 Å². The SMILES string of the molecule is CC(=O)c1cccc(S(=O)(=O)N2CCC(C(=O)Nc3nc4c(C)cc(C)cc4s3)CC2)c1. The normalized spacial score (nSPS) is 15.7. The molecule has 0 unspecified atom stereocenters. The molecule has 0 spiro atoms. The van der Waals surface area contributed by atoms with E-state index < -0.39 is 10.0 Å². The Morgan fingerprint density at radius 1 is 1.12 bits per heavy atom. The predicted molar refractivity (Wildman–Crippen MR) is 126 cm³/mol. The van der Waals surface area contributed by atoms with E-state index in [0.29, 0.717) is 23.5 Å². The molecule has 4 rings (SSSR count). The van der Waals surface area contributed by atoms with Crippen LogP contribution in [0.15, 0.2) is 41.3 Å². The molecule has 1 aromatic heterocycles. The van der Waals surface area contributed by atoms with E-state index in [1.54, 1.807) is 12.1 Å². The Kier molecular flexibility index (Phi) is 6.15. The topological polar surface area (TPSA) is 96.4 Å². The maximum absolute atomic E-state index is 13.0. The average molecular weight is 472 g/mol. The zero-order chi connectivity index (χ0) is 23.0. The molecule has 0 atom stereocenters. The molecule has 1 aliphatic rings. The second-order valence-electron chi connectivity index (χ2n) is 8.20. The molecule has 7 nitrogen and oxygen atoms in total. The highest BCUT2D eigenvalue weighted by atomic mass is 32.2. The number of aromatic nitrogens is 1. The smallest absolute Gasteiger partial charge is 0.243 e. The van der Waals surface area contributed by atoms with Crippen molar-refractivity contribution in [3.63, 3.8) is 0 Å². The number of nitrogens with zero attached hydrogens (tertiary/aromatic N) is 2. The number of Topliss-reactive ketones (excluding diaryl/α,β-unsaturated/α-hetero) is 1. The Morgan fingerprint density at radius 3 is 2.53 bits per heavy atom. The van der Waals surface area contributed by atoms with Crippen LogP contribution in [0.4, 0.5) is 5.13 Å². The number of sulfonamides is 1. The highest BCUT2D eigenvalue weighted by Gasteiger charge is 2.32. The molecular weight excluding hydrogens is 446 g/mol. The summed E-state index contributed by atoms with van der Waals surface area (Å²) in [7, 11) is -3.71. The zero-order valence-electron chi connectivity index (χ0n) is 18.2. The molecule has 1 saturated heterocycles. The Hall–Kier alpha value is -2.62. The standard InChI is InChI=1S/C23H25N3O4S2/c1-14-11-15(2)21-20(12-14)31-23(24-21)25-22(28)17-7-9-26(10-8-17)32(29,30)19-6-4-5-18(13-19)16(3)27/h4-6,11-13,17H,7-10H2,1-3H3,(H,24,25,28). The third-order valence-corrected chi connectivity index (χ3v) is 8.58. The number of carbonyl (C=O) groups is 2. The molecule has 3 aromatic rings. The Morgan fingerprint density at radius 2 is 1.84 bits per heavy atom. The minimum atomic E-state index is -3.71. The number of fused-ring (bicyclic) bond motifs is 1. The maximum atomic E-state index is 13.0. The first-order valence-corrected chi connectivity index (χ1v) is 12.7. The minimum Gasteiger partial charge on any atom is -0.302 e. The van der Waals surface area contributed by atoms with Crippen LogP contribution in [0.2, 0.25) is 0 Å². The van der Waals surface area contributed by atoms with Crippen LogP contribution in [0.1, 0.15) is 41.3 Å². The molecule has 1 fully saturated rings. The van der Waals surface area contributed by atoms with Gasteiger partial charge in [-0.2, -0.15) is 4.31 Å². The van der Waals surface area contributed by atoms with E-state index in [1.807, 2.05) is 13.8 Å². The Labute approximate surface area is 191 Å². The summed E-state index contributed by atoms with van der Waals surface area (Å²) < 4.78 is 28.4. The molecule has 1 aliphatic heterocycles. The number of benzene rings is 2. The average Bonchev–Trinajstić information content (AvgIpc) is 3.16. The number of anilines is 1. The highest BCUT2D eigenvalue weighted by Crippen LogP contribution is 2.31. The molecule has 1 N–H and O–H groups in total. The van der Waals surface area contributed by atoms with Gasteiger partial charge < -0.3 is 5.32 Å². The van der Waals surface area contributed by atoms with E-state index >= 15 is 0 Å². The first kappa shape index (κ1) is 22.6. The quantitative estimate of drug-likeness (QED) is 0.564. The van der Waals surface area contributed by atoms with Gasteiger partial charge in [-0.05, 0) is 62.9 Å². The third kappa shape index (κ3) is 4.46. The minimum absolute atomic E-state index is 0.105. The van der Waals surface area contributed by atoms with Gasteiger partial charge >= 0.3 is 0 Å². The van der Waals surface area contributed by atoms with E-state index in [2.05, 4.69) is 22.4 Å². The summed E-state index contributed by atoms with van der Waals surface area (Å²) in [6.45, 7) is 5.95. The van der Waals surface area contributed by atoms with Gasteiger partial charge in [0.05, 0.1) is 15.1 Å². The molecule has 32 heavy (non-hydrogen) atoms. The van der Waals surface area contributed by atoms with Crippen molar-refractivity contribution in [1.29, 1.82) is 0 Å². The molecule has 0 saturated carbocycles. The van der Waals surface area contributed by atoms with Gasteiger partial charge in [0.2, 0.25) is 15.9 Å². The lowest BCUT2D eigenvalue weighted by Gasteiger charge is -2.30. The number of aryl methyl sites for hydroxylation is 2. The van der Waals surface area contributed by atoms with Gasteiger partial charge in [0.15, 0.2) is 10.9 Å².